The standard InChI is InChI=1S/C14H15N5O/c1-10(19-7-6-15-9-19)8-13(20)18-14-16-11-4-2-3-5-12(11)17-14/h2-7,9-10H,8H2,1H3,(H2,16,17,18,20)/t10-/m0/s1. The van der Waals surface area contributed by atoms with Crippen molar-refractivity contribution in [2.45, 2.75) is 19.4 Å². The van der Waals surface area contributed by atoms with Gasteiger partial charge in [0.15, 0.2) is 0 Å². The number of H-pyrrole nitrogens is 1. The molecule has 1 amide bonds. The number of amides is 1. The van der Waals surface area contributed by atoms with E-state index in [2.05, 4.69) is 20.3 Å². The third-order valence-corrected chi connectivity index (χ3v) is 3.16. The fraction of sp³-hybridized carbons (Fsp3) is 0.214. The Balaban J connectivity index is 1.66. The minimum Gasteiger partial charge on any atom is -0.334 e. The second-order valence-electron chi connectivity index (χ2n) is 4.71. The number of nitrogens with one attached hydrogen (secondary N) is 2. The third-order valence-electron chi connectivity index (χ3n) is 3.16. The molecule has 2 heterocycles. The van der Waals surface area contributed by atoms with Crippen LogP contribution in [-0.4, -0.2) is 25.4 Å². The van der Waals surface area contributed by atoms with Crippen LogP contribution in [0.15, 0.2) is 43.0 Å². The van der Waals surface area contributed by atoms with Gasteiger partial charge in [-0.25, -0.2) is 9.97 Å². The van der Waals surface area contributed by atoms with Crippen LogP contribution in [0.3, 0.4) is 0 Å². The minimum atomic E-state index is -0.0785. The molecular weight excluding hydrogens is 254 g/mol. The van der Waals surface area contributed by atoms with E-state index >= 15 is 0 Å². The number of nitrogens with zero attached hydrogens (tertiary/aromatic N) is 3. The molecule has 20 heavy (non-hydrogen) atoms. The summed E-state index contributed by atoms with van der Waals surface area (Å²) >= 11 is 0. The topological polar surface area (TPSA) is 75.6 Å². The summed E-state index contributed by atoms with van der Waals surface area (Å²) in [6.45, 7) is 1.97. The van der Waals surface area contributed by atoms with Crippen molar-refractivity contribution in [3.05, 3.63) is 43.0 Å². The van der Waals surface area contributed by atoms with E-state index in [-0.39, 0.29) is 11.9 Å². The molecule has 2 N–H and O–H groups in total. The lowest BCUT2D eigenvalue weighted by Gasteiger charge is -2.11. The lowest BCUT2D eigenvalue weighted by Crippen LogP contribution is -2.17. The maximum Gasteiger partial charge on any atom is 0.228 e. The Hall–Kier alpha value is -2.63. The molecule has 0 radical (unpaired) electrons. The molecule has 0 aliphatic rings. The number of carbonyl (C=O) groups is 1. The Morgan fingerprint density at radius 1 is 1.45 bits per heavy atom. The Labute approximate surface area is 115 Å². The van der Waals surface area contributed by atoms with Crippen LogP contribution in [0.25, 0.3) is 11.0 Å². The quantitative estimate of drug-likeness (QED) is 0.763. The van der Waals surface area contributed by atoms with Crippen LogP contribution in [-0.2, 0) is 4.79 Å². The molecule has 0 saturated heterocycles. The zero-order valence-electron chi connectivity index (χ0n) is 11.1. The number of aromatic amines is 1. The maximum atomic E-state index is 12.0. The van der Waals surface area contributed by atoms with Crippen LogP contribution in [0, 0.1) is 0 Å². The number of carbonyl (C=O) groups excluding carboxylic acids is 1. The van der Waals surface area contributed by atoms with Gasteiger partial charge in [-0.05, 0) is 19.1 Å². The monoisotopic (exact) mass is 269 g/mol. The highest BCUT2D eigenvalue weighted by atomic mass is 16.1. The first-order valence-electron chi connectivity index (χ1n) is 6.44. The number of hydrogen-bond donors (Lipinski definition) is 2. The number of rotatable bonds is 4. The number of anilines is 1. The van der Waals surface area contributed by atoms with Gasteiger partial charge in [-0.2, -0.15) is 0 Å². The second-order valence-corrected chi connectivity index (χ2v) is 4.71. The Morgan fingerprint density at radius 2 is 2.30 bits per heavy atom. The SMILES string of the molecule is C[C@@H](CC(=O)Nc1nc2ccccc2[nH]1)n1ccnc1. The summed E-state index contributed by atoms with van der Waals surface area (Å²) in [6.07, 6.45) is 5.62. The minimum absolute atomic E-state index is 0.0573. The van der Waals surface area contributed by atoms with Crippen molar-refractivity contribution in [1.29, 1.82) is 0 Å². The molecule has 0 spiro atoms. The van der Waals surface area contributed by atoms with E-state index in [1.54, 1.807) is 12.5 Å². The molecule has 102 valence electrons. The van der Waals surface area contributed by atoms with E-state index in [9.17, 15) is 4.79 Å². The number of imidazole rings is 2. The van der Waals surface area contributed by atoms with Gasteiger partial charge in [-0.3, -0.25) is 10.1 Å². The summed E-state index contributed by atoms with van der Waals surface area (Å²) in [5.74, 6) is 0.402. The Bertz CT molecular complexity index is 683. The molecule has 0 saturated carbocycles. The van der Waals surface area contributed by atoms with Crippen molar-refractivity contribution in [3.8, 4) is 0 Å². The van der Waals surface area contributed by atoms with Crippen LogP contribution in [0.1, 0.15) is 19.4 Å². The molecule has 3 aromatic rings. The van der Waals surface area contributed by atoms with Gasteiger partial charge in [0.1, 0.15) is 0 Å². The Morgan fingerprint density at radius 3 is 3.05 bits per heavy atom. The van der Waals surface area contributed by atoms with Crippen LogP contribution in [0.4, 0.5) is 5.95 Å². The smallest absolute Gasteiger partial charge is 0.228 e. The molecule has 0 bridgehead atoms. The molecular formula is C14H15N5O. The molecule has 1 atom stereocenters. The lowest BCUT2D eigenvalue weighted by molar-refractivity contribution is -0.116. The van der Waals surface area contributed by atoms with E-state index in [0.717, 1.165) is 11.0 Å². The zero-order valence-corrected chi connectivity index (χ0v) is 11.1. The highest BCUT2D eigenvalue weighted by Gasteiger charge is 2.12. The summed E-state index contributed by atoms with van der Waals surface area (Å²) in [5, 5.41) is 2.78. The number of para-hydroxylation sites is 2. The predicted molar refractivity (Wildman–Crippen MR) is 76.3 cm³/mol. The van der Waals surface area contributed by atoms with E-state index in [0.29, 0.717) is 12.4 Å². The van der Waals surface area contributed by atoms with Crippen molar-refractivity contribution in [1.82, 2.24) is 19.5 Å². The van der Waals surface area contributed by atoms with E-state index in [4.69, 9.17) is 0 Å². The normalized spacial score (nSPS) is 12.4. The molecule has 3 rings (SSSR count). The van der Waals surface area contributed by atoms with Crippen molar-refractivity contribution < 1.29 is 4.79 Å². The first-order valence-corrected chi connectivity index (χ1v) is 6.44. The van der Waals surface area contributed by atoms with Gasteiger partial charge in [0.25, 0.3) is 0 Å². The molecule has 0 fully saturated rings. The second kappa shape index (κ2) is 5.16. The fourth-order valence-electron chi connectivity index (χ4n) is 2.10. The van der Waals surface area contributed by atoms with E-state index in [1.165, 1.54) is 0 Å². The predicted octanol–water partition coefficient (Wildman–Crippen LogP) is 2.35. The summed E-state index contributed by atoms with van der Waals surface area (Å²) < 4.78 is 1.90. The largest absolute Gasteiger partial charge is 0.334 e. The van der Waals surface area contributed by atoms with Crippen LogP contribution < -0.4 is 5.32 Å². The number of benzene rings is 1. The van der Waals surface area contributed by atoms with Crippen LogP contribution in [0.2, 0.25) is 0 Å². The van der Waals surface area contributed by atoms with Gasteiger partial charge < -0.3 is 9.55 Å². The molecule has 0 unspecified atom stereocenters. The molecule has 2 aromatic heterocycles. The summed E-state index contributed by atoms with van der Waals surface area (Å²) in [5.41, 5.74) is 1.75. The van der Waals surface area contributed by atoms with Gasteiger partial charge >= 0.3 is 0 Å². The molecule has 6 nitrogen and oxygen atoms in total. The van der Waals surface area contributed by atoms with E-state index in [1.807, 2.05) is 42.0 Å². The number of aromatic nitrogens is 4. The number of hydrogen-bond acceptors (Lipinski definition) is 3. The van der Waals surface area contributed by atoms with Gasteiger partial charge in [0.05, 0.1) is 17.4 Å². The molecule has 6 heteroatoms. The van der Waals surface area contributed by atoms with E-state index < -0.39 is 0 Å². The first-order chi connectivity index (χ1) is 9.72. The Kier molecular flexibility index (Phi) is 3.20. The average Bonchev–Trinajstić information content (AvgIpc) is 3.07. The lowest BCUT2D eigenvalue weighted by atomic mass is 10.2. The van der Waals surface area contributed by atoms with Crippen molar-refractivity contribution in [2.75, 3.05) is 5.32 Å². The van der Waals surface area contributed by atoms with Gasteiger partial charge in [-0.1, -0.05) is 12.1 Å². The maximum absolute atomic E-state index is 12.0. The van der Waals surface area contributed by atoms with Gasteiger partial charge in [-0.15, -0.1) is 0 Å². The van der Waals surface area contributed by atoms with Gasteiger partial charge in [0, 0.05) is 24.9 Å². The molecule has 1 aromatic carbocycles. The summed E-state index contributed by atoms with van der Waals surface area (Å²) in [6, 6.07) is 7.71. The molecule has 0 aliphatic carbocycles. The zero-order chi connectivity index (χ0) is 13.9. The highest BCUT2D eigenvalue weighted by Crippen LogP contribution is 2.15. The first kappa shape index (κ1) is 12.4. The van der Waals surface area contributed by atoms with Crippen molar-refractivity contribution in [3.63, 3.8) is 0 Å². The van der Waals surface area contributed by atoms with Gasteiger partial charge in [0.2, 0.25) is 11.9 Å². The molecule has 0 aliphatic heterocycles. The van der Waals surface area contributed by atoms with Crippen LogP contribution in [0.5, 0.6) is 0 Å². The van der Waals surface area contributed by atoms with Crippen molar-refractivity contribution >= 4 is 22.9 Å². The van der Waals surface area contributed by atoms with Crippen LogP contribution >= 0.6 is 0 Å². The highest BCUT2D eigenvalue weighted by molar-refractivity contribution is 5.91. The average molecular weight is 269 g/mol. The summed E-state index contributed by atoms with van der Waals surface area (Å²) in [7, 11) is 0. The number of fused-ring (bicyclic) bond motifs is 1. The fourth-order valence-corrected chi connectivity index (χ4v) is 2.10. The summed E-state index contributed by atoms with van der Waals surface area (Å²) in [4.78, 5) is 23.4. The van der Waals surface area contributed by atoms with Crippen molar-refractivity contribution in [2.24, 2.45) is 0 Å². The third kappa shape index (κ3) is 2.54.